The van der Waals surface area contributed by atoms with Crippen molar-refractivity contribution in [1.29, 1.82) is 0 Å². The molecule has 0 aliphatic heterocycles. The molecule has 1 aromatic heterocycles. The van der Waals surface area contributed by atoms with Gasteiger partial charge in [-0.25, -0.2) is 4.98 Å². The lowest BCUT2D eigenvalue weighted by atomic mass is 9.77. The average Bonchev–Trinajstić information content (AvgIpc) is 2.37. The standard InChI is InChI=1S/C12H19ClN4O/c1-8-2-4-12(7-18,5-3-8)17-10-9(13)6-15-11(14)16-10/h6,8,18H,2-5,7H2,1H3,(H3,14,15,16,17). The zero-order valence-electron chi connectivity index (χ0n) is 10.5. The maximum atomic E-state index is 9.67. The SMILES string of the molecule is CC1CCC(CO)(Nc2nc(N)ncc2Cl)CC1. The Labute approximate surface area is 112 Å². The Hall–Kier alpha value is -1.07. The summed E-state index contributed by atoms with van der Waals surface area (Å²) in [5.74, 6) is 1.39. The van der Waals surface area contributed by atoms with E-state index in [-0.39, 0.29) is 18.1 Å². The number of nitrogens with two attached hydrogens (primary N) is 1. The second-order valence-corrected chi connectivity index (χ2v) is 5.58. The summed E-state index contributed by atoms with van der Waals surface area (Å²) in [6.45, 7) is 2.30. The molecule has 0 atom stereocenters. The number of hydrogen-bond donors (Lipinski definition) is 3. The molecule has 6 heteroatoms. The fourth-order valence-electron chi connectivity index (χ4n) is 2.36. The average molecular weight is 271 g/mol. The molecule has 5 nitrogen and oxygen atoms in total. The van der Waals surface area contributed by atoms with E-state index >= 15 is 0 Å². The van der Waals surface area contributed by atoms with E-state index in [1.165, 1.54) is 6.20 Å². The molecule has 1 aliphatic rings. The Morgan fingerprint density at radius 3 is 2.83 bits per heavy atom. The van der Waals surface area contributed by atoms with Gasteiger partial charge >= 0.3 is 0 Å². The summed E-state index contributed by atoms with van der Waals surface area (Å²) in [6, 6.07) is 0. The van der Waals surface area contributed by atoms with Crippen molar-refractivity contribution < 1.29 is 5.11 Å². The van der Waals surface area contributed by atoms with Crippen LogP contribution in [0.25, 0.3) is 0 Å². The summed E-state index contributed by atoms with van der Waals surface area (Å²) >= 11 is 6.04. The Morgan fingerprint density at radius 2 is 2.22 bits per heavy atom. The quantitative estimate of drug-likeness (QED) is 0.783. The van der Waals surface area contributed by atoms with Crippen LogP contribution in [0.3, 0.4) is 0 Å². The summed E-state index contributed by atoms with van der Waals surface area (Å²) < 4.78 is 0. The highest BCUT2D eigenvalue weighted by Gasteiger charge is 2.34. The van der Waals surface area contributed by atoms with Gasteiger partial charge in [0.1, 0.15) is 5.02 Å². The smallest absolute Gasteiger partial charge is 0.222 e. The van der Waals surface area contributed by atoms with E-state index in [4.69, 9.17) is 17.3 Å². The van der Waals surface area contributed by atoms with Crippen LogP contribution in [0.2, 0.25) is 5.02 Å². The van der Waals surface area contributed by atoms with E-state index in [9.17, 15) is 5.11 Å². The second kappa shape index (κ2) is 5.28. The molecule has 2 rings (SSSR count). The van der Waals surface area contributed by atoms with E-state index < -0.39 is 0 Å². The number of nitrogen functional groups attached to an aromatic ring is 1. The maximum absolute atomic E-state index is 9.67. The summed E-state index contributed by atoms with van der Waals surface area (Å²) in [7, 11) is 0. The van der Waals surface area contributed by atoms with Gasteiger partial charge in [-0.2, -0.15) is 4.98 Å². The molecule has 0 spiro atoms. The highest BCUT2D eigenvalue weighted by Crippen LogP contribution is 2.35. The molecule has 1 fully saturated rings. The van der Waals surface area contributed by atoms with Crippen molar-refractivity contribution in [2.24, 2.45) is 5.92 Å². The van der Waals surface area contributed by atoms with Gasteiger partial charge in [-0.3, -0.25) is 0 Å². The zero-order valence-corrected chi connectivity index (χ0v) is 11.2. The summed E-state index contributed by atoms with van der Waals surface area (Å²) in [4.78, 5) is 7.92. The van der Waals surface area contributed by atoms with Crippen LogP contribution in [0, 0.1) is 5.92 Å². The number of nitrogens with zero attached hydrogens (tertiary/aromatic N) is 2. The van der Waals surface area contributed by atoms with Crippen LogP contribution >= 0.6 is 11.6 Å². The Balaban J connectivity index is 2.17. The summed E-state index contributed by atoms with van der Waals surface area (Å²) in [5.41, 5.74) is 5.22. The molecule has 0 unspecified atom stereocenters. The molecule has 18 heavy (non-hydrogen) atoms. The number of aliphatic hydroxyl groups is 1. The second-order valence-electron chi connectivity index (χ2n) is 5.17. The highest BCUT2D eigenvalue weighted by molar-refractivity contribution is 6.32. The van der Waals surface area contributed by atoms with Crippen molar-refractivity contribution in [3.8, 4) is 0 Å². The first-order chi connectivity index (χ1) is 8.54. The first-order valence-electron chi connectivity index (χ1n) is 6.22. The lowest BCUT2D eigenvalue weighted by molar-refractivity contribution is 0.155. The normalized spacial score (nSPS) is 28.1. The number of rotatable bonds is 3. The molecule has 100 valence electrons. The van der Waals surface area contributed by atoms with E-state index in [1.54, 1.807) is 0 Å². The molecule has 0 radical (unpaired) electrons. The van der Waals surface area contributed by atoms with Gasteiger partial charge < -0.3 is 16.2 Å². The number of nitrogens with one attached hydrogen (secondary N) is 1. The van der Waals surface area contributed by atoms with Crippen molar-refractivity contribution in [2.75, 3.05) is 17.7 Å². The maximum Gasteiger partial charge on any atom is 0.222 e. The predicted octanol–water partition coefficient (Wildman–Crippen LogP) is 2.07. The number of hydrogen-bond acceptors (Lipinski definition) is 5. The minimum absolute atomic E-state index is 0.0694. The fourth-order valence-corrected chi connectivity index (χ4v) is 2.50. The van der Waals surface area contributed by atoms with Crippen LogP contribution < -0.4 is 11.1 Å². The van der Waals surface area contributed by atoms with Gasteiger partial charge in [-0.05, 0) is 31.6 Å². The van der Waals surface area contributed by atoms with Crippen LogP contribution in [-0.4, -0.2) is 27.2 Å². The fraction of sp³-hybridized carbons (Fsp3) is 0.667. The van der Waals surface area contributed by atoms with Crippen LogP contribution in [0.4, 0.5) is 11.8 Å². The van der Waals surface area contributed by atoms with Gasteiger partial charge in [0.05, 0.1) is 18.3 Å². The molecule has 0 bridgehead atoms. The molecule has 0 amide bonds. The minimum atomic E-state index is -0.336. The van der Waals surface area contributed by atoms with E-state index in [0.717, 1.165) is 25.7 Å². The molecule has 4 N–H and O–H groups in total. The highest BCUT2D eigenvalue weighted by atomic mass is 35.5. The molecule has 1 aliphatic carbocycles. The molecular weight excluding hydrogens is 252 g/mol. The molecule has 1 heterocycles. The van der Waals surface area contributed by atoms with Crippen molar-refractivity contribution in [3.63, 3.8) is 0 Å². The third-order valence-corrected chi connectivity index (χ3v) is 3.96. The van der Waals surface area contributed by atoms with Crippen LogP contribution in [0.15, 0.2) is 6.20 Å². The monoisotopic (exact) mass is 270 g/mol. The van der Waals surface area contributed by atoms with Crippen molar-refractivity contribution >= 4 is 23.4 Å². The minimum Gasteiger partial charge on any atom is -0.394 e. The van der Waals surface area contributed by atoms with Crippen molar-refractivity contribution in [1.82, 2.24) is 9.97 Å². The molecule has 1 saturated carbocycles. The lowest BCUT2D eigenvalue weighted by Gasteiger charge is -2.39. The van der Waals surface area contributed by atoms with Crippen molar-refractivity contribution in [2.45, 2.75) is 38.1 Å². The van der Waals surface area contributed by atoms with Gasteiger partial charge in [0, 0.05) is 0 Å². The van der Waals surface area contributed by atoms with Gasteiger partial charge in [-0.1, -0.05) is 18.5 Å². The molecular formula is C12H19ClN4O. The van der Waals surface area contributed by atoms with Crippen LogP contribution in [0.1, 0.15) is 32.6 Å². The third kappa shape index (κ3) is 2.84. The van der Waals surface area contributed by atoms with Gasteiger partial charge in [0.2, 0.25) is 5.95 Å². The molecule has 1 aromatic rings. The van der Waals surface area contributed by atoms with E-state index in [0.29, 0.717) is 16.8 Å². The predicted molar refractivity (Wildman–Crippen MR) is 72.5 cm³/mol. The Kier molecular flexibility index (Phi) is 3.92. The third-order valence-electron chi connectivity index (χ3n) is 3.68. The van der Waals surface area contributed by atoms with Gasteiger partial charge in [-0.15, -0.1) is 0 Å². The van der Waals surface area contributed by atoms with E-state index in [2.05, 4.69) is 22.2 Å². The summed E-state index contributed by atoms with van der Waals surface area (Å²) in [5, 5.41) is 13.4. The van der Waals surface area contributed by atoms with Crippen molar-refractivity contribution in [3.05, 3.63) is 11.2 Å². The number of aromatic nitrogens is 2. The van der Waals surface area contributed by atoms with Crippen LogP contribution in [-0.2, 0) is 0 Å². The van der Waals surface area contributed by atoms with Gasteiger partial charge in [0.15, 0.2) is 5.82 Å². The largest absolute Gasteiger partial charge is 0.394 e. The summed E-state index contributed by atoms with van der Waals surface area (Å²) in [6.07, 6.45) is 5.47. The first kappa shape index (κ1) is 13.4. The van der Waals surface area contributed by atoms with E-state index in [1.807, 2.05) is 0 Å². The van der Waals surface area contributed by atoms with Crippen LogP contribution in [0.5, 0.6) is 0 Å². The lowest BCUT2D eigenvalue weighted by Crippen LogP contribution is -2.45. The number of aliphatic hydroxyl groups excluding tert-OH is 1. The van der Waals surface area contributed by atoms with Gasteiger partial charge in [0.25, 0.3) is 0 Å². The molecule has 0 aromatic carbocycles. The molecule has 0 saturated heterocycles. The number of halogens is 1. The zero-order chi connectivity index (χ0) is 13.2. The first-order valence-corrected chi connectivity index (χ1v) is 6.59. The topological polar surface area (TPSA) is 84.1 Å². The number of anilines is 2. The Bertz CT molecular complexity index is 419. The Morgan fingerprint density at radius 1 is 1.56 bits per heavy atom.